The molecule has 0 aromatic rings. The quantitative estimate of drug-likeness (QED) is 0.654. The number of hydrogen-bond acceptors (Lipinski definition) is 4. The van der Waals surface area contributed by atoms with Crippen molar-refractivity contribution in [2.45, 2.75) is 12.2 Å². The van der Waals surface area contributed by atoms with Gasteiger partial charge in [-0.05, 0) is 7.05 Å². The molecule has 0 unspecified atom stereocenters. The minimum absolute atomic E-state index is 0.149. The number of piperidine rings is 1. The first-order valence-electron chi connectivity index (χ1n) is 4.96. The number of methoxy groups -OCH3 is 3. The van der Waals surface area contributed by atoms with E-state index in [2.05, 4.69) is 11.9 Å². The van der Waals surface area contributed by atoms with E-state index in [1.165, 1.54) is 0 Å². The normalized spacial score (nSPS) is 34.7. The van der Waals surface area contributed by atoms with Gasteiger partial charge in [-0.2, -0.15) is 0 Å². The second-order valence-electron chi connectivity index (χ2n) is 3.91. The van der Waals surface area contributed by atoms with E-state index < -0.39 is 0 Å². The van der Waals surface area contributed by atoms with Crippen LogP contribution in [0.1, 0.15) is 0 Å². The van der Waals surface area contributed by atoms with Gasteiger partial charge in [-0.15, -0.1) is 0 Å². The maximum Gasteiger partial charge on any atom is 0.0963 e. The Kier molecular flexibility index (Phi) is 4.81. The van der Waals surface area contributed by atoms with Crippen LogP contribution in [0.5, 0.6) is 0 Å². The highest BCUT2D eigenvalue weighted by Crippen LogP contribution is 2.21. The zero-order chi connectivity index (χ0) is 10.6. The third kappa shape index (κ3) is 2.67. The van der Waals surface area contributed by atoms with Crippen LogP contribution in [0, 0.1) is 5.92 Å². The summed E-state index contributed by atoms with van der Waals surface area (Å²) in [7, 11) is 7.30. The molecule has 0 N–H and O–H groups in total. The Hall–Kier alpha value is -0.160. The van der Waals surface area contributed by atoms with E-state index in [9.17, 15) is 0 Å². The average molecular weight is 203 g/mol. The van der Waals surface area contributed by atoms with Gasteiger partial charge in [0.1, 0.15) is 0 Å². The van der Waals surface area contributed by atoms with Gasteiger partial charge in [0.25, 0.3) is 0 Å². The van der Waals surface area contributed by atoms with E-state index in [4.69, 9.17) is 14.2 Å². The highest BCUT2D eigenvalue weighted by atomic mass is 16.5. The minimum atomic E-state index is 0.149. The molecule has 1 aliphatic heterocycles. The Labute approximate surface area is 86.1 Å². The molecular weight excluding hydrogens is 182 g/mol. The summed E-state index contributed by atoms with van der Waals surface area (Å²) in [4.78, 5) is 2.26. The summed E-state index contributed by atoms with van der Waals surface area (Å²) in [5, 5.41) is 0. The van der Waals surface area contributed by atoms with Crippen molar-refractivity contribution in [1.82, 2.24) is 4.90 Å². The zero-order valence-electron chi connectivity index (χ0n) is 9.53. The lowest BCUT2D eigenvalue weighted by Crippen LogP contribution is -2.53. The van der Waals surface area contributed by atoms with Crippen molar-refractivity contribution in [1.29, 1.82) is 0 Å². The summed E-state index contributed by atoms with van der Waals surface area (Å²) >= 11 is 0. The summed E-state index contributed by atoms with van der Waals surface area (Å²) in [6.07, 6.45) is 0.301. The van der Waals surface area contributed by atoms with Crippen LogP contribution in [0.3, 0.4) is 0 Å². The standard InChI is InChI=1S/C10H21NO3/c1-11-5-8(7-12-2)10(14-4)9(6-11)13-3/h8-10H,5-7H2,1-4H3/t8-,9-,10-/m1/s1. The van der Waals surface area contributed by atoms with Crippen LogP contribution < -0.4 is 0 Å². The van der Waals surface area contributed by atoms with Crippen molar-refractivity contribution in [3.8, 4) is 0 Å². The number of nitrogens with zero attached hydrogens (tertiary/aromatic N) is 1. The molecule has 0 amide bonds. The molecular formula is C10H21NO3. The maximum atomic E-state index is 5.48. The first-order chi connectivity index (χ1) is 6.72. The lowest BCUT2D eigenvalue weighted by molar-refractivity contribution is -0.117. The van der Waals surface area contributed by atoms with Crippen LogP contribution in [0.4, 0.5) is 0 Å². The molecule has 1 fully saturated rings. The number of hydrogen-bond donors (Lipinski definition) is 0. The van der Waals surface area contributed by atoms with E-state index in [1.54, 1.807) is 21.3 Å². The minimum Gasteiger partial charge on any atom is -0.384 e. The summed E-state index contributed by atoms with van der Waals surface area (Å²) in [6, 6.07) is 0. The Morgan fingerprint density at radius 2 is 1.86 bits per heavy atom. The molecule has 1 saturated heterocycles. The van der Waals surface area contributed by atoms with Crippen molar-refractivity contribution in [2.75, 3.05) is 48.1 Å². The Balaban J connectivity index is 2.60. The predicted molar refractivity (Wildman–Crippen MR) is 54.5 cm³/mol. The van der Waals surface area contributed by atoms with Gasteiger partial charge in [0.15, 0.2) is 0 Å². The van der Waals surface area contributed by atoms with Crippen LogP contribution in [0.15, 0.2) is 0 Å². The molecule has 0 aromatic carbocycles. The fourth-order valence-corrected chi connectivity index (χ4v) is 2.21. The second kappa shape index (κ2) is 5.66. The van der Waals surface area contributed by atoms with E-state index >= 15 is 0 Å². The molecule has 1 aliphatic rings. The molecule has 0 bridgehead atoms. The summed E-state index contributed by atoms with van der Waals surface area (Å²) in [5.74, 6) is 0.397. The van der Waals surface area contributed by atoms with Gasteiger partial charge in [0, 0.05) is 40.3 Å². The number of likely N-dealkylation sites (N-methyl/N-ethyl adjacent to an activating group) is 1. The molecule has 3 atom stereocenters. The molecule has 4 nitrogen and oxygen atoms in total. The van der Waals surface area contributed by atoms with E-state index in [0.717, 1.165) is 19.7 Å². The molecule has 0 aromatic heterocycles. The smallest absolute Gasteiger partial charge is 0.0963 e. The van der Waals surface area contributed by atoms with Gasteiger partial charge in [-0.3, -0.25) is 0 Å². The maximum absolute atomic E-state index is 5.48. The molecule has 0 radical (unpaired) electrons. The average Bonchev–Trinajstić information content (AvgIpc) is 2.17. The number of rotatable bonds is 4. The van der Waals surface area contributed by atoms with Gasteiger partial charge >= 0.3 is 0 Å². The summed E-state index contributed by atoms with van der Waals surface area (Å²) in [6.45, 7) is 2.66. The Morgan fingerprint density at radius 3 is 2.36 bits per heavy atom. The molecule has 14 heavy (non-hydrogen) atoms. The van der Waals surface area contributed by atoms with Crippen LogP contribution in [0.25, 0.3) is 0 Å². The first-order valence-corrected chi connectivity index (χ1v) is 4.96. The predicted octanol–water partition coefficient (Wildman–Crippen LogP) is 0.224. The van der Waals surface area contributed by atoms with Crippen molar-refractivity contribution in [3.63, 3.8) is 0 Å². The van der Waals surface area contributed by atoms with Crippen molar-refractivity contribution in [3.05, 3.63) is 0 Å². The highest BCUT2D eigenvalue weighted by molar-refractivity contribution is 4.87. The van der Waals surface area contributed by atoms with Crippen molar-refractivity contribution < 1.29 is 14.2 Å². The molecule has 1 heterocycles. The number of ether oxygens (including phenoxy) is 3. The molecule has 84 valence electrons. The zero-order valence-corrected chi connectivity index (χ0v) is 9.53. The topological polar surface area (TPSA) is 30.9 Å². The van der Waals surface area contributed by atoms with E-state index in [-0.39, 0.29) is 12.2 Å². The fraction of sp³-hybridized carbons (Fsp3) is 1.00. The molecule has 0 aliphatic carbocycles. The second-order valence-corrected chi connectivity index (χ2v) is 3.91. The van der Waals surface area contributed by atoms with Gasteiger partial charge in [0.2, 0.25) is 0 Å². The molecule has 4 heteroatoms. The molecule has 1 rings (SSSR count). The summed E-state index contributed by atoms with van der Waals surface area (Å²) < 4.78 is 16.1. The lowest BCUT2D eigenvalue weighted by atomic mass is 9.93. The molecule has 0 spiro atoms. The fourth-order valence-electron chi connectivity index (χ4n) is 2.21. The van der Waals surface area contributed by atoms with Crippen molar-refractivity contribution in [2.24, 2.45) is 5.92 Å². The third-order valence-corrected chi connectivity index (χ3v) is 2.82. The van der Waals surface area contributed by atoms with Gasteiger partial charge in [-0.1, -0.05) is 0 Å². The van der Waals surface area contributed by atoms with Crippen LogP contribution in [0.2, 0.25) is 0 Å². The van der Waals surface area contributed by atoms with E-state index in [0.29, 0.717) is 5.92 Å². The number of likely N-dealkylation sites (tertiary alicyclic amines) is 1. The van der Waals surface area contributed by atoms with Crippen LogP contribution >= 0.6 is 0 Å². The largest absolute Gasteiger partial charge is 0.384 e. The highest BCUT2D eigenvalue weighted by Gasteiger charge is 2.35. The van der Waals surface area contributed by atoms with Crippen LogP contribution in [-0.4, -0.2) is 65.2 Å². The first kappa shape index (κ1) is 11.9. The van der Waals surface area contributed by atoms with Gasteiger partial charge in [-0.25, -0.2) is 0 Å². The third-order valence-electron chi connectivity index (χ3n) is 2.82. The summed E-state index contributed by atoms with van der Waals surface area (Å²) in [5.41, 5.74) is 0. The lowest BCUT2D eigenvalue weighted by Gasteiger charge is -2.40. The molecule has 0 saturated carbocycles. The van der Waals surface area contributed by atoms with Gasteiger partial charge in [0.05, 0.1) is 18.8 Å². The Bertz CT molecular complexity index is 165. The monoisotopic (exact) mass is 203 g/mol. The van der Waals surface area contributed by atoms with E-state index in [1.807, 2.05) is 0 Å². The Morgan fingerprint density at radius 1 is 1.14 bits per heavy atom. The van der Waals surface area contributed by atoms with Crippen molar-refractivity contribution >= 4 is 0 Å². The van der Waals surface area contributed by atoms with Gasteiger partial charge < -0.3 is 19.1 Å². The SMILES string of the molecule is COC[C@H]1CN(C)C[C@@H](OC)[C@@H]1OC. The van der Waals surface area contributed by atoms with Crippen LogP contribution in [-0.2, 0) is 14.2 Å².